The van der Waals surface area contributed by atoms with E-state index in [2.05, 4.69) is 30.2 Å². The second-order valence-electron chi connectivity index (χ2n) is 7.10. The summed E-state index contributed by atoms with van der Waals surface area (Å²) in [5, 5.41) is 4.45. The number of fused-ring (bicyclic) bond motifs is 2. The van der Waals surface area contributed by atoms with Crippen molar-refractivity contribution < 1.29 is 4.74 Å². The third kappa shape index (κ3) is 3.69. The molecule has 160 valence electrons. The molecule has 0 aliphatic rings. The Balaban J connectivity index is 1.45. The van der Waals surface area contributed by atoms with Gasteiger partial charge in [-0.1, -0.05) is 23.4 Å². The highest BCUT2D eigenvalue weighted by atomic mass is 35.5. The van der Waals surface area contributed by atoms with Crippen molar-refractivity contribution in [3.8, 4) is 11.5 Å². The number of rotatable bonds is 5. The van der Waals surface area contributed by atoms with Gasteiger partial charge in [-0.05, 0) is 37.4 Å². The van der Waals surface area contributed by atoms with Crippen molar-refractivity contribution in [1.82, 2.24) is 29.5 Å². The third-order valence-electron chi connectivity index (χ3n) is 5.05. The van der Waals surface area contributed by atoms with Gasteiger partial charge in [0.1, 0.15) is 28.9 Å². The summed E-state index contributed by atoms with van der Waals surface area (Å²) in [7, 11) is 1.96. The first kappa shape index (κ1) is 20.5. The average molecular weight is 464 g/mol. The monoisotopic (exact) mass is 463 g/mol. The Morgan fingerprint density at radius 3 is 2.78 bits per heavy atom. The van der Waals surface area contributed by atoms with Gasteiger partial charge in [0, 0.05) is 18.7 Å². The predicted octanol–water partition coefficient (Wildman–Crippen LogP) is 5.53. The Morgan fingerprint density at radius 1 is 1.06 bits per heavy atom. The molecule has 8 nitrogen and oxygen atoms in total. The molecule has 3 aromatic heterocycles. The van der Waals surface area contributed by atoms with Crippen molar-refractivity contribution in [3.05, 3.63) is 59.8 Å². The average Bonchev–Trinajstić information content (AvgIpc) is 3.18. The lowest BCUT2D eigenvalue weighted by atomic mass is 10.2. The zero-order chi connectivity index (χ0) is 22.2. The van der Waals surface area contributed by atoms with Crippen molar-refractivity contribution in [1.29, 1.82) is 0 Å². The standard InChI is InChI=1S/C22H18ClN7OS/c1-12-18(31-13-4-6-17-15(8-13)27-11-30(17)2)7-5-14(19(12)23)28-21-20-16(25-10-26-21)9-24-22(29-20)32-3/h4-11H,1-3H3,(H,25,26,28). The van der Waals surface area contributed by atoms with Gasteiger partial charge in [-0.25, -0.2) is 24.9 Å². The van der Waals surface area contributed by atoms with Gasteiger partial charge in [-0.15, -0.1) is 0 Å². The van der Waals surface area contributed by atoms with E-state index in [0.717, 1.165) is 16.6 Å². The highest BCUT2D eigenvalue weighted by molar-refractivity contribution is 7.98. The number of ether oxygens (including phenoxy) is 1. The molecule has 0 saturated carbocycles. The quantitative estimate of drug-likeness (QED) is 0.269. The van der Waals surface area contributed by atoms with Crippen molar-refractivity contribution in [3.63, 3.8) is 0 Å². The summed E-state index contributed by atoms with van der Waals surface area (Å²) in [6, 6.07) is 9.53. The fraction of sp³-hybridized carbons (Fsp3) is 0.136. The largest absolute Gasteiger partial charge is 0.457 e. The number of hydrogen-bond acceptors (Lipinski definition) is 8. The SMILES string of the molecule is CSc1ncc2ncnc(Nc3ccc(Oc4ccc5c(c4)ncn5C)c(C)c3Cl)c2n1. The minimum Gasteiger partial charge on any atom is -0.457 e. The van der Waals surface area contributed by atoms with Gasteiger partial charge in [-0.3, -0.25) is 0 Å². The molecule has 5 rings (SSSR count). The molecule has 0 aliphatic heterocycles. The number of imidazole rings is 1. The molecule has 0 atom stereocenters. The molecule has 2 aromatic carbocycles. The smallest absolute Gasteiger partial charge is 0.188 e. The Labute approximate surface area is 193 Å². The van der Waals surface area contributed by atoms with Crippen LogP contribution in [0.15, 0.2) is 54.3 Å². The highest BCUT2D eigenvalue weighted by Crippen LogP contribution is 2.37. The molecule has 5 aromatic rings. The number of halogens is 1. The van der Waals surface area contributed by atoms with E-state index in [9.17, 15) is 0 Å². The maximum absolute atomic E-state index is 6.68. The second-order valence-corrected chi connectivity index (χ2v) is 8.25. The van der Waals surface area contributed by atoms with Crippen LogP contribution in [0.4, 0.5) is 11.5 Å². The first-order chi connectivity index (χ1) is 15.5. The molecule has 0 unspecified atom stereocenters. The predicted molar refractivity (Wildman–Crippen MR) is 127 cm³/mol. The van der Waals surface area contributed by atoms with Crippen LogP contribution in [0.25, 0.3) is 22.1 Å². The van der Waals surface area contributed by atoms with Crippen molar-refractivity contribution in [2.24, 2.45) is 7.05 Å². The van der Waals surface area contributed by atoms with Crippen molar-refractivity contribution >= 4 is 56.9 Å². The van der Waals surface area contributed by atoms with Gasteiger partial charge >= 0.3 is 0 Å². The number of nitrogens with one attached hydrogen (secondary N) is 1. The lowest BCUT2D eigenvalue weighted by Gasteiger charge is -2.14. The summed E-state index contributed by atoms with van der Waals surface area (Å²) in [5.74, 6) is 1.91. The topological polar surface area (TPSA) is 90.6 Å². The minimum absolute atomic E-state index is 0.535. The van der Waals surface area contributed by atoms with Gasteiger partial charge < -0.3 is 14.6 Å². The van der Waals surface area contributed by atoms with Crippen LogP contribution in [0.1, 0.15) is 5.56 Å². The molecule has 0 bridgehead atoms. The van der Waals surface area contributed by atoms with E-state index in [0.29, 0.717) is 44.2 Å². The zero-order valence-electron chi connectivity index (χ0n) is 17.5. The molecule has 0 spiro atoms. The number of thioether (sulfide) groups is 1. The maximum atomic E-state index is 6.68. The molecule has 1 N–H and O–H groups in total. The summed E-state index contributed by atoms with van der Waals surface area (Å²) in [4.78, 5) is 21.8. The summed E-state index contributed by atoms with van der Waals surface area (Å²) in [6.07, 6.45) is 6.85. The van der Waals surface area contributed by atoms with Crippen LogP contribution in [0.5, 0.6) is 11.5 Å². The number of anilines is 2. The normalized spacial score (nSPS) is 11.2. The summed E-state index contributed by atoms with van der Waals surface area (Å²) >= 11 is 8.14. The van der Waals surface area contributed by atoms with Crippen molar-refractivity contribution in [2.75, 3.05) is 11.6 Å². The summed E-state index contributed by atoms with van der Waals surface area (Å²) < 4.78 is 8.07. The van der Waals surface area contributed by atoms with Gasteiger partial charge in [-0.2, -0.15) is 0 Å². The summed E-state index contributed by atoms with van der Waals surface area (Å²) in [5.41, 5.74) is 4.69. The Bertz CT molecular complexity index is 1470. The van der Waals surface area contributed by atoms with Gasteiger partial charge in [0.2, 0.25) is 0 Å². The number of aryl methyl sites for hydroxylation is 1. The number of hydrogen-bond donors (Lipinski definition) is 1. The number of nitrogens with zero attached hydrogens (tertiary/aromatic N) is 6. The van der Waals surface area contributed by atoms with E-state index in [4.69, 9.17) is 16.3 Å². The third-order valence-corrected chi connectivity index (χ3v) is 6.10. The van der Waals surface area contributed by atoms with E-state index >= 15 is 0 Å². The fourth-order valence-corrected chi connectivity index (χ4v) is 3.88. The van der Waals surface area contributed by atoms with E-state index in [1.807, 2.05) is 55.1 Å². The van der Waals surface area contributed by atoms with Crippen LogP contribution in [0, 0.1) is 6.92 Å². The van der Waals surface area contributed by atoms with Crippen molar-refractivity contribution in [2.45, 2.75) is 12.1 Å². The Morgan fingerprint density at radius 2 is 1.94 bits per heavy atom. The molecule has 0 saturated heterocycles. The van der Waals surface area contributed by atoms with Gasteiger partial charge in [0.05, 0.1) is 34.3 Å². The molecule has 0 radical (unpaired) electrons. The Hall–Kier alpha value is -3.43. The number of aromatic nitrogens is 6. The van der Waals surface area contributed by atoms with Crippen LogP contribution in [-0.2, 0) is 7.05 Å². The molecule has 0 fully saturated rings. The van der Waals surface area contributed by atoms with Crippen LogP contribution in [0.2, 0.25) is 5.02 Å². The van der Waals surface area contributed by atoms with E-state index in [1.54, 1.807) is 12.5 Å². The van der Waals surface area contributed by atoms with Crippen LogP contribution in [0.3, 0.4) is 0 Å². The highest BCUT2D eigenvalue weighted by Gasteiger charge is 2.14. The minimum atomic E-state index is 0.535. The molecular formula is C22H18ClN7OS. The van der Waals surface area contributed by atoms with Crippen LogP contribution >= 0.6 is 23.4 Å². The van der Waals surface area contributed by atoms with Gasteiger partial charge in [0.15, 0.2) is 11.0 Å². The van der Waals surface area contributed by atoms with E-state index in [-0.39, 0.29) is 0 Å². The molecule has 10 heteroatoms. The van der Waals surface area contributed by atoms with Crippen LogP contribution < -0.4 is 10.1 Å². The lowest BCUT2D eigenvalue weighted by molar-refractivity contribution is 0.479. The maximum Gasteiger partial charge on any atom is 0.188 e. The molecule has 0 aliphatic carbocycles. The zero-order valence-corrected chi connectivity index (χ0v) is 19.1. The second kappa shape index (κ2) is 8.25. The lowest BCUT2D eigenvalue weighted by Crippen LogP contribution is -2.00. The van der Waals surface area contributed by atoms with E-state index < -0.39 is 0 Å². The van der Waals surface area contributed by atoms with E-state index in [1.165, 1.54) is 18.1 Å². The Kier molecular flexibility index (Phi) is 5.28. The molecule has 32 heavy (non-hydrogen) atoms. The first-order valence-corrected chi connectivity index (χ1v) is 11.3. The fourth-order valence-electron chi connectivity index (χ4n) is 3.34. The van der Waals surface area contributed by atoms with Crippen LogP contribution in [-0.4, -0.2) is 35.7 Å². The molecular weight excluding hydrogens is 446 g/mol. The molecule has 3 heterocycles. The first-order valence-electron chi connectivity index (χ1n) is 9.70. The molecule has 0 amide bonds. The van der Waals surface area contributed by atoms with Gasteiger partial charge in [0.25, 0.3) is 0 Å². The summed E-state index contributed by atoms with van der Waals surface area (Å²) in [6.45, 7) is 1.91. The number of benzene rings is 2.